The van der Waals surface area contributed by atoms with Crippen LogP contribution in [-0.4, -0.2) is 17.2 Å². The first-order valence-electron chi connectivity index (χ1n) is 16.0. The zero-order chi connectivity index (χ0) is 27.8. The second-order valence-electron chi connectivity index (χ2n) is 14.5. The molecule has 0 heterocycles. The molecule has 3 heteroatoms. The molecule has 0 amide bonds. The van der Waals surface area contributed by atoms with Gasteiger partial charge in [-0.1, -0.05) is 83.7 Å². The summed E-state index contributed by atoms with van der Waals surface area (Å²) in [6, 6.07) is 7.05. The van der Waals surface area contributed by atoms with E-state index in [2.05, 4.69) is 40.7 Å². The standard InChI is InChI=1S/C36H52O3/c1-24(2)9-8-10-25(3)30-16-17-31-29-15-14-27-23-28(19-21-35(27,4)32(29)20-22-36(30,31)5)39-34(38)18-13-26-11-6-7-12-33(26)37/h6-7,11-14,18,24-25,28-32,37H,8-10,15-17,19-23H2,1-5H3/t25-,28+,29+,30-,31+,32+,35+,36-/m1/s1. The van der Waals surface area contributed by atoms with Crippen molar-refractivity contribution in [3.8, 4) is 5.75 Å². The number of allylic oxidation sites excluding steroid dienone is 1. The van der Waals surface area contributed by atoms with Crippen molar-refractivity contribution in [1.29, 1.82) is 0 Å². The Labute approximate surface area is 237 Å². The number of carbonyl (C=O) groups is 1. The normalized spacial score (nSPS) is 36.7. The van der Waals surface area contributed by atoms with Gasteiger partial charge in [0.25, 0.3) is 0 Å². The summed E-state index contributed by atoms with van der Waals surface area (Å²) in [5.74, 6) is 4.92. The summed E-state index contributed by atoms with van der Waals surface area (Å²) >= 11 is 0. The highest BCUT2D eigenvalue weighted by Gasteiger charge is 2.59. The third-order valence-electron chi connectivity index (χ3n) is 11.9. The summed E-state index contributed by atoms with van der Waals surface area (Å²) in [7, 11) is 0. The Kier molecular flexibility index (Phi) is 8.37. The topological polar surface area (TPSA) is 46.5 Å². The van der Waals surface area contributed by atoms with Crippen molar-refractivity contribution in [1.82, 2.24) is 0 Å². The van der Waals surface area contributed by atoms with Gasteiger partial charge in [-0.05, 0) is 103 Å². The number of para-hydroxylation sites is 1. The molecule has 3 nitrogen and oxygen atoms in total. The van der Waals surface area contributed by atoms with Crippen molar-refractivity contribution < 1.29 is 14.6 Å². The molecule has 3 fully saturated rings. The highest BCUT2D eigenvalue weighted by molar-refractivity contribution is 5.87. The van der Waals surface area contributed by atoms with Gasteiger partial charge in [-0.25, -0.2) is 4.79 Å². The molecular formula is C36H52O3. The van der Waals surface area contributed by atoms with E-state index in [0.29, 0.717) is 11.0 Å². The zero-order valence-corrected chi connectivity index (χ0v) is 25.1. The van der Waals surface area contributed by atoms with Crippen molar-refractivity contribution in [2.45, 2.75) is 111 Å². The van der Waals surface area contributed by atoms with Crippen molar-refractivity contribution in [3.63, 3.8) is 0 Å². The molecule has 0 aliphatic heterocycles. The molecule has 8 atom stereocenters. The van der Waals surface area contributed by atoms with Crippen molar-refractivity contribution >= 4 is 12.0 Å². The maximum Gasteiger partial charge on any atom is 0.331 e. The van der Waals surface area contributed by atoms with E-state index in [9.17, 15) is 9.90 Å². The average Bonchev–Trinajstić information content (AvgIpc) is 3.25. The first kappa shape index (κ1) is 28.5. The highest BCUT2D eigenvalue weighted by Crippen LogP contribution is 2.67. The Morgan fingerprint density at radius 3 is 2.62 bits per heavy atom. The largest absolute Gasteiger partial charge is 0.507 e. The van der Waals surface area contributed by atoms with Gasteiger partial charge in [0.1, 0.15) is 11.9 Å². The molecule has 0 spiro atoms. The molecule has 3 saturated carbocycles. The van der Waals surface area contributed by atoms with Crippen molar-refractivity contribution in [2.75, 3.05) is 0 Å². The quantitative estimate of drug-likeness (QED) is 0.206. The van der Waals surface area contributed by atoms with Gasteiger partial charge in [0, 0.05) is 18.1 Å². The summed E-state index contributed by atoms with van der Waals surface area (Å²) in [5, 5.41) is 9.95. The van der Waals surface area contributed by atoms with Crippen LogP contribution in [0.1, 0.15) is 111 Å². The van der Waals surface area contributed by atoms with Gasteiger partial charge in [-0.15, -0.1) is 0 Å². The lowest BCUT2D eigenvalue weighted by molar-refractivity contribution is -0.145. The smallest absolute Gasteiger partial charge is 0.331 e. The molecule has 4 aliphatic rings. The van der Waals surface area contributed by atoms with Crippen LogP contribution in [0, 0.1) is 46.3 Å². The summed E-state index contributed by atoms with van der Waals surface area (Å²) in [6.07, 6.45) is 19.6. The maximum atomic E-state index is 12.6. The van der Waals surface area contributed by atoms with Crippen molar-refractivity contribution in [2.24, 2.45) is 46.3 Å². The number of fused-ring (bicyclic) bond motifs is 5. The molecule has 0 bridgehead atoms. The Hall–Kier alpha value is -2.03. The van der Waals surface area contributed by atoms with Gasteiger partial charge in [-0.3, -0.25) is 0 Å². The summed E-state index contributed by atoms with van der Waals surface area (Å²) in [6.45, 7) is 12.5. The molecule has 1 aromatic rings. The lowest BCUT2D eigenvalue weighted by Crippen LogP contribution is -2.51. The van der Waals surface area contributed by atoms with Crippen LogP contribution in [0.25, 0.3) is 6.08 Å². The van der Waals surface area contributed by atoms with E-state index >= 15 is 0 Å². The van der Waals surface area contributed by atoms with E-state index in [1.807, 2.05) is 6.07 Å². The van der Waals surface area contributed by atoms with Crippen LogP contribution in [0.5, 0.6) is 5.75 Å². The first-order chi connectivity index (χ1) is 18.6. The number of hydrogen-bond acceptors (Lipinski definition) is 3. The fraction of sp³-hybridized carbons (Fsp3) is 0.694. The third kappa shape index (κ3) is 5.62. The molecule has 1 N–H and O–H groups in total. The molecule has 1 aromatic carbocycles. The molecular weight excluding hydrogens is 480 g/mol. The Morgan fingerprint density at radius 1 is 1.05 bits per heavy atom. The molecule has 0 aromatic heterocycles. The second kappa shape index (κ2) is 11.5. The highest BCUT2D eigenvalue weighted by atomic mass is 16.5. The van der Waals surface area contributed by atoms with Gasteiger partial charge < -0.3 is 9.84 Å². The number of rotatable bonds is 8. The number of phenolic OH excluding ortho intramolecular Hbond substituents is 1. The van der Waals surface area contributed by atoms with Crippen LogP contribution >= 0.6 is 0 Å². The Bertz CT molecular complexity index is 1080. The van der Waals surface area contributed by atoms with E-state index in [1.54, 1.807) is 29.8 Å². The van der Waals surface area contributed by atoms with Crippen LogP contribution < -0.4 is 0 Å². The van der Waals surface area contributed by atoms with Crippen molar-refractivity contribution in [3.05, 3.63) is 47.6 Å². The molecule has 39 heavy (non-hydrogen) atoms. The van der Waals surface area contributed by atoms with E-state index in [1.165, 1.54) is 57.4 Å². The molecule has 4 aliphatic carbocycles. The molecule has 0 radical (unpaired) electrons. The fourth-order valence-electron chi connectivity index (χ4n) is 9.74. The maximum absolute atomic E-state index is 12.6. The number of aromatic hydroxyl groups is 1. The van der Waals surface area contributed by atoms with Crippen LogP contribution in [0.4, 0.5) is 0 Å². The van der Waals surface area contributed by atoms with E-state index in [-0.39, 0.29) is 23.2 Å². The number of hydrogen-bond donors (Lipinski definition) is 1. The van der Waals surface area contributed by atoms with Crippen LogP contribution in [0.2, 0.25) is 0 Å². The number of esters is 1. The number of benzene rings is 1. The summed E-state index contributed by atoms with van der Waals surface area (Å²) in [5.41, 5.74) is 2.97. The minimum atomic E-state index is -0.311. The predicted octanol–water partition coefficient (Wildman–Crippen LogP) is 9.36. The van der Waals surface area contributed by atoms with E-state index in [0.717, 1.165) is 54.8 Å². The average molecular weight is 533 g/mol. The van der Waals surface area contributed by atoms with Gasteiger partial charge in [0.05, 0.1) is 0 Å². The van der Waals surface area contributed by atoms with Crippen LogP contribution in [-0.2, 0) is 9.53 Å². The molecule has 0 saturated heterocycles. The van der Waals surface area contributed by atoms with Crippen LogP contribution in [0.15, 0.2) is 42.0 Å². The Balaban J connectivity index is 1.22. The fourth-order valence-corrected chi connectivity index (χ4v) is 9.74. The zero-order valence-electron chi connectivity index (χ0n) is 25.1. The molecule has 5 rings (SSSR count). The molecule has 0 unspecified atom stereocenters. The summed E-state index contributed by atoms with van der Waals surface area (Å²) in [4.78, 5) is 12.6. The lowest BCUT2D eigenvalue weighted by atomic mass is 9.47. The predicted molar refractivity (Wildman–Crippen MR) is 160 cm³/mol. The number of phenols is 1. The lowest BCUT2D eigenvalue weighted by Gasteiger charge is -2.58. The summed E-state index contributed by atoms with van der Waals surface area (Å²) < 4.78 is 5.91. The minimum absolute atomic E-state index is 0.0428. The van der Waals surface area contributed by atoms with Gasteiger partial charge >= 0.3 is 5.97 Å². The number of ether oxygens (including phenoxy) is 1. The van der Waals surface area contributed by atoms with E-state index < -0.39 is 0 Å². The third-order valence-corrected chi connectivity index (χ3v) is 11.9. The van der Waals surface area contributed by atoms with Gasteiger partial charge in [0.15, 0.2) is 0 Å². The Morgan fingerprint density at radius 2 is 1.85 bits per heavy atom. The SMILES string of the molecule is CC(C)CCC[C@@H](C)[C@H]1CC[C@H]2[C@@H]3CC=C4C[C@@H](OC(=O)C=Cc5ccccc5O)CC[C@]4(C)[C@H]3CC[C@]12C. The first-order valence-corrected chi connectivity index (χ1v) is 16.0. The van der Waals surface area contributed by atoms with Gasteiger partial charge in [-0.2, -0.15) is 0 Å². The van der Waals surface area contributed by atoms with Crippen LogP contribution in [0.3, 0.4) is 0 Å². The monoisotopic (exact) mass is 532 g/mol. The minimum Gasteiger partial charge on any atom is -0.507 e. The molecule has 214 valence electrons. The van der Waals surface area contributed by atoms with E-state index in [4.69, 9.17) is 4.74 Å². The number of carbonyl (C=O) groups excluding carboxylic acids is 1. The van der Waals surface area contributed by atoms with Gasteiger partial charge in [0.2, 0.25) is 0 Å². The second-order valence-corrected chi connectivity index (χ2v) is 14.5.